The van der Waals surface area contributed by atoms with Crippen molar-refractivity contribution in [1.82, 2.24) is 9.88 Å². The Balaban J connectivity index is 1.42. The Kier molecular flexibility index (Phi) is 7.99. The van der Waals surface area contributed by atoms with E-state index in [2.05, 4.69) is 0 Å². The summed E-state index contributed by atoms with van der Waals surface area (Å²) >= 11 is 7.70. The van der Waals surface area contributed by atoms with E-state index < -0.39 is 5.97 Å². The van der Waals surface area contributed by atoms with Gasteiger partial charge in [-0.25, -0.2) is 9.78 Å². The van der Waals surface area contributed by atoms with Crippen LogP contribution in [-0.2, 0) is 16.1 Å². The summed E-state index contributed by atoms with van der Waals surface area (Å²) in [5, 5.41) is 9.32. The standard InChI is InChI=1S/C25H31ClN2O5S/c1-15-21(33-19-9-5-6-16(12-19)24(29)30)11-10-20(27-15)23-17(13-22(26)34-23)14-32-25(31)28(2)18-7-3-4-8-18/h10-11,13,16,18-19H,3-9,12,14H2,1-2H3,(H,29,30)/t16-,19-/m0/s1. The molecule has 0 aromatic carbocycles. The fourth-order valence-electron chi connectivity index (χ4n) is 4.86. The molecule has 2 fully saturated rings. The number of carboxylic acids is 1. The molecular weight excluding hydrogens is 476 g/mol. The number of aliphatic carboxylic acids is 1. The average molecular weight is 507 g/mol. The van der Waals surface area contributed by atoms with E-state index in [1.165, 1.54) is 11.3 Å². The average Bonchev–Trinajstić information content (AvgIpc) is 3.48. The van der Waals surface area contributed by atoms with Crippen molar-refractivity contribution in [3.05, 3.63) is 33.8 Å². The van der Waals surface area contributed by atoms with Crippen molar-refractivity contribution >= 4 is 35.0 Å². The lowest BCUT2D eigenvalue weighted by Gasteiger charge is -2.27. The third-order valence-electron chi connectivity index (χ3n) is 6.83. The van der Waals surface area contributed by atoms with Crippen molar-refractivity contribution in [3.63, 3.8) is 0 Å². The Morgan fingerprint density at radius 1 is 1.21 bits per heavy atom. The van der Waals surface area contributed by atoms with Gasteiger partial charge in [0.15, 0.2) is 0 Å². The normalized spacial score (nSPS) is 20.8. The van der Waals surface area contributed by atoms with E-state index >= 15 is 0 Å². The van der Waals surface area contributed by atoms with Crippen molar-refractivity contribution in [2.45, 2.75) is 77.0 Å². The van der Waals surface area contributed by atoms with Crippen LogP contribution in [0.5, 0.6) is 5.75 Å². The van der Waals surface area contributed by atoms with Gasteiger partial charge in [0.1, 0.15) is 12.4 Å². The zero-order chi connectivity index (χ0) is 24.2. The quantitative estimate of drug-likeness (QED) is 0.473. The Labute approximate surface area is 209 Å². The fourth-order valence-corrected chi connectivity index (χ4v) is 6.08. The third-order valence-corrected chi connectivity index (χ3v) is 8.16. The number of carbonyl (C=O) groups excluding carboxylic acids is 1. The van der Waals surface area contributed by atoms with Gasteiger partial charge in [0.25, 0.3) is 0 Å². The number of aryl methyl sites for hydroxylation is 1. The topological polar surface area (TPSA) is 89.0 Å². The van der Waals surface area contributed by atoms with Crippen LogP contribution >= 0.6 is 22.9 Å². The summed E-state index contributed by atoms with van der Waals surface area (Å²) < 4.78 is 12.3. The maximum atomic E-state index is 12.5. The molecule has 1 N–H and O–H groups in total. The lowest BCUT2D eigenvalue weighted by Crippen LogP contribution is -2.35. The zero-order valence-electron chi connectivity index (χ0n) is 19.6. The first-order chi connectivity index (χ1) is 16.3. The summed E-state index contributed by atoms with van der Waals surface area (Å²) in [5.41, 5.74) is 2.28. The van der Waals surface area contributed by atoms with Gasteiger partial charge in [0.05, 0.1) is 32.6 Å². The number of hydrogen-bond donors (Lipinski definition) is 1. The second-order valence-corrected chi connectivity index (χ2v) is 10.9. The number of ether oxygens (including phenoxy) is 2. The Hall–Kier alpha value is -2.32. The Morgan fingerprint density at radius 2 is 1.97 bits per heavy atom. The first-order valence-corrected chi connectivity index (χ1v) is 13.1. The molecule has 2 atom stereocenters. The van der Waals surface area contributed by atoms with Crippen molar-refractivity contribution in [1.29, 1.82) is 0 Å². The highest BCUT2D eigenvalue weighted by Gasteiger charge is 2.29. The first-order valence-electron chi connectivity index (χ1n) is 11.9. The van der Waals surface area contributed by atoms with Gasteiger partial charge in [-0.15, -0.1) is 11.3 Å². The number of carbonyl (C=O) groups is 2. The van der Waals surface area contributed by atoms with Gasteiger partial charge in [-0.3, -0.25) is 4.79 Å². The van der Waals surface area contributed by atoms with Gasteiger partial charge < -0.3 is 19.5 Å². The molecule has 9 heteroatoms. The summed E-state index contributed by atoms with van der Waals surface area (Å²) in [5.74, 6) is -0.443. The third kappa shape index (κ3) is 5.84. The van der Waals surface area contributed by atoms with Crippen LogP contribution < -0.4 is 4.74 Å². The monoisotopic (exact) mass is 506 g/mol. The van der Waals surface area contributed by atoms with Gasteiger partial charge in [-0.2, -0.15) is 0 Å². The molecule has 184 valence electrons. The minimum absolute atomic E-state index is 0.121. The van der Waals surface area contributed by atoms with E-state index in [1.807, 2.05) is 25.1 Å². The molecule has 0 aliphatic heterocycles. The smallest absolute Gasteiger partial charge is 0.410 e. The summed E-state index contributed by atoms with van der Waals surface area (Å²) in [6.07, 6.45) is 6.82. The van der Waals surface area contributed by atoms with Crippen LogP contribution in [0, 0.1) is 12.8 Å². The van der Waals surface area contributed by atoms with E-state index in [4.69, 9.17) is 26.1 Å². The number of hydrogen-bond acceptors (Lipinski definition) is 6. The molecule has 34 heavy (non-hydrogen) atoms. The number of pyridine rings is 1. The predicted molar refractivity (Wildman–Crippen MR) is 132 cm³/mol. The molecule has 0 unspecified atom stereocenters. The highest BCUT2D eigenvalue weighted by atomic mass is 35.5. The molecule has 7 nitrogen and oxygen atoms in total. The largest absolute Gasteiger partial charge is 0.489 e. The minimum Gasteiger partial charge on any atom is -0.489 e. The van der Waals surface area contributed by atoms with Gasteiger partial charge in [0.2, 0.25) is 0 Å². The molecule has 2 aliphatic rings. The Bertz CT molecular complexity index is 1040. The van der Waals surface area contributed by atoms with E-state index in [9.17, 15) is 14.7 Å². The molecule has 0 radical (unpaired) electrons. The Morgan fingerprint density at radius 3 is 2.68 bits per heavy atom. The second kappa shape index (κ2) is 11.0. The predicted octanol–water partition coefficient (Wildman–Crippen LogP) is 6.31. The zero-order valence-corrected chi connectivity index (χ0v) is 21.2. The van der Waals surface area contributed by atoms with Crippen LogP contribution in [0.3, 0.4) is 0 Å². The van der Waals surface area contributed by atoms with E-state index in [0.717, 1.165) is 60.4 Å². The number of nitrogens with zero attached hydrogens (tertiary/aromatic N) is 2. The van der Waals surface area contributed by atoms with Gasteiger partial charge in [-0.05, 0) is 63.6 Å². The number of amides is 1. The molecule has 2 aromatic heterocycles. The van der Waals surface area contributed by atoms with Gasteiger partial charge in [0, 0.05) is 18.7 Å². The van der Waals surface area contributed by atoms with Crippen LogP contribution in [0.25, 0.3) is 10.6 Å². The van der Waals surface area contributed by atoms with Gasteiger partial charge in [-0.1, -0.05) is 24.4 Å². The number of carboxylic acid groups (broad SMARTS) is 1. The van der Waals surface area contributed by atoms with Crippen LogP contribution in [-0.4, -0.2) is 46.2 Å². The van der Waals surface area contributed by atoms with Crippen LogP contribution in [0.2, 0.25) is 4.34 Å². The highest BCUT2D eigenvalue weighted by molar-refractivity contribution is 7.19. The summed E-state index contributed by atoms with van der Waals surface area (Å²) in [6, 6.07) is 5.82. The van der Waals surface area contributed by atoms with Crippen molar-refractivity contribution < 1.29 is 24.2 Å². The SMILES string of the molecule is Cc1nc(-c2sc(Cl)cc2COC(=O)N(C)C2CCCC2)ccc1O[C@H]1CCC[C@H](C(=O)O)C1. The van der Waals surface area contributed by atoms with E-state index in [-0.39, 0.29) is 30.8 Å². The van der Waals surface area contributed by atoms with Crippen LogP contribution in [0.15, 0.2) is 18.2 Å². The molecule has 4 rings (SSSR count). The van der Waals surface area contributed by atoms with Crippen molar-refractivity contribution in [3.8, 4) is 16.3 Å². The molecule has 2 aromatic rings. The maximum Gasteiger partial charge on any atom is 0.410 e. The summed E-state index contributed by atoms with van der Waals surface area (Å²) in [7, 11) is 1.80. The molecule has 0 spiro atoms. The molecular formula is C25H31ClN2O5S. The van der Waals surface area contributed by atoms with Crippen molar-refractivity contribution in [2.75, 3.05) is 7.05 Å². The fraction of sp³-hybridized carbons (Fsp3) is 0.560. The van der Waals surface area contributed by atoms with Gasteiger partial charge >= 0.3 is 12.1 Å². The molecule has 1 amide bonds. The number of halogens is 1. The van der Waals surface area contributed by atoms with E-state index in [0.29, 0.717) is 22.9 Å². The van der Waals surface area contributed by atoms with E-state index in [1.54, 1.807) is 11.9 Å². The minimum atomic E-state index is -0.754. The summed E-state index contributed by atoms with van der Waals surface area (Å²) in [6.45, 7) is 2.01. The molecule has 2 heterocycles. The number of thiophene rings is 1. The molecule has 0 saturated heterocycles. The highest BCUT2D eigenvalue weighted by Crippen LogP contribution is 2.37. The maximum absolute atomic E-state index is 12.5. The van der Waals surface area contributed by atoms with Crippen LogP contribution in [0.1, 0.15) is 62.6 Å². The summed E-state index contributed by atoms with van der Waals surface area (Å²) in [4.78, 5) is 31.1. The lowest BCUT2D eigenvalue weighted by atomic mass is 9.87. The number of aromatic nitrogens is 1. The molecule has 2 saturated carbocycles. The van der Waals surface area contributed by atoms with Crippen LogP contribution in [0.4, 0.5) is 4.79 Å². The lowest BCUT2D eigenvalue weighted by molar-refractivity contribution is -0.143. The van der Waals surface area contributed by atoms with Crippen molar-refractivity contribution in [2.24, 2.45) is 5.92 Å². The molecule has 2 aliphatic carbocycles. The molecule has 0 bridgehead atoms. The number of rotatable bonds is 7. The first kappa shape index (κ1) is 24.8. The second-order valence-electron chi connectivity index (χ2n) is 9.23.